The Morgan fingerprint density at radius 3 is 2.20 bits per heavy atom. The zero-order valence-electron chi connectivity index (χ0n) is 25.8. The fraction of sp³-hybridized carbons (Fsp3) is 0.548. The van der Waals surface area contributed by atoms with Crippen molar-refractivity contribution in [3.8, 4) is 0 Å². The molecule has 0 bridgehead atoms. The van der Waals surface area contributed by atoms with Crippen LogP contribution in [0, 0.1) is 25.7 Å². The summed E-state index contributed by atoms with van der Waals surface area (Å²) in [5, 5.41) is 12.1. The van der Waals surface area contributed by atoms with E-state index in [2.05, 4.69) is 20.3 Å². The van der Waals surface area contributed by atoms with E-state index in [0.29, 0.717) is 54.5 Å². The van der Waals surface area contributed by atoms with Crippen LogP contribution in [0.15, 0.2) is 30.3 Å². The van der Waals surface area contributed by atoms with Gasteiger partial charge in [0.15, 0.2) is 0 Å². The zero-order valence-corrected chi connectivity index (χ0v) is 25.8. The lowest BCUT2D eigenvalue weighted by Crippen LogP contribution is -2.34. The van der Waals surface area contributed by atoms with Gasteiger partial charge in [0, 0.05) is 31.9 Å². The van der Waals surface area contributed by atoms with Crippen molar-refractivity contribution in [1.29, 1.82) is 0 Å². The summed E-state index contributed by atoms with van der Waals surface area (Å²) < 4.78 is 88.2. The van der Waals surface area contributed by atoms with E-state index in [9.17, 15) is 31.1 Å². The molecule has 0 saturated heterocycles. The first kappa shape index (κ1) is 34.0. The van der Waals surface area contributed by atoms with Gasteiger partial charge in [0.2, 0.25) is 0 Å². The Bertz CT molecular complexity index is 1450. The molecular formula is C31H38F6N6O2. The molecule has 1 heterocycles. The predicted octanol–water partition coefficient (Wildman–Crippen LogP) is 6.88. The zero-order chi connectivity index (χ0) is 32.9. The van der Waals surface area contributed by atoms with Gasteiger partial charge in [-0.25, -0.2) is 0 Å². The van der Waals surface area contributed by atoms with E-state index < -0.39 is 23.5 Å². The molecule has 2 aromatic carbocycles. The van der Waals surface area contributed by atoms with Gasteiger partial charge in [-0.3, -0.25) is 4.79 Å². The average Bonchev–Trinajstić information content (AvgIpc) is 3.40. The van der Waals surface area contributed by atoms with Crippen molar-refractivity contribution < 1.29 is 35.9 Å². The number of tetrazole rings is 1. The second-order valence-corrected chi connectivity index (χ2v) is 11.8. The SMILES string of the molecule is CCN(C[C@H]1CC[C@H](COC=O)CC1)c1cc(C)c(C(F)(F)F)cc1CN(Cc1cc(C)cc(C(F)(F)F)c1)c1nnn(C)n1. The molecule has 246 valence electrons. The molecule has 1 saturated carbocycles. The van der Waals surface area contributed by atoms with Crippen LogP contribution in [0.2, 0.25) is 0 Å². The third-order valence-electron chi connectivity index (χ3n) is 8.28. The van der Waals surface area contributed by atoms with Crippen LogP contribution < -0.4 is 9.80 Å². The van der Waals surface area contributed by atoms with Gasteiger partial charge in [0.05, 0.1) is 24.8 Å². The second-order valence-electron chi connectivity index (χ2n) is 11.8. The minimum absolute atomic E-state index is 0.0755. The van der Waals surface area contributed by atoms with Gasteiger partial charge in [0.1, 0.15) is 0 Å². The number of ether oxygens (including phenoxy) is 1. The van der Waals surface area contributed by atoms with Gasteiger partial charge in [-0.1, -0.05) is 16.7 Å². The molecule has 0 N–H and O–H groups in total. The first-order valence-corrected chi connectivity index (χ1v) is 14.9. The lowest BCUT2D eigenvalue weighted by molar-refractivity contribution is -0.138. The van der Waals surface area contributed by atoms with E-state index in [1.54, 1.807) is 24.0 Å². The maximum absolute atomic E-state index is 14.1. The minimum atomic E-state index is -4.61. The Morgan fingerprint density at radius 1 is 0.933 bits per heavy atom. The molecule has 1 aromatic heterocycles. The number of nitrogens with zero attached hydrogens (tertiary/aromatic N) is 6. The average molecular weight is 641 g/mol. The van der Waals surface area contributed by atoms with Gasteiger partial charge in [0.25, 0.3) is 12.4 Å². The molecule has 8 nitrogen and oxygen atoms in total. The normalized spacial score (nSPS) is 17.3. The highest BCUT2D eigenvalue weighted by Crippen LogP contribution is 2.38. The molecule has 0 atom stereocenters. The summed E-state index contributed by atoms with van der Waals surface area (Å²) in [6.45, 7) is 6.70. The summed E-state index contributed by atoms with van der Waals surface area (Å²) in [5.41, 5.74) is 0.142. The lowest BCUT2D eigenvalue weighted by Gasteiger charge is -2.35. The topological polar surface area (TPSA) is 76.4 Å². The van der Waals surface area contributed by atoms with Crippen LogP contribution in [0.1, 0.15) is 66.0 Å². The van der Waals surface area contributed by atoms with E-state index >= 15 is 0 Å². The van der Waals surface area contributed by atoms with E-state index in [4.69, 9.17) is 4.74 Å². The summed E-state index contributed by atoms with van der Waals surface area (Å²) in [5.74, 6) is 0.656. The van der Waals surface area contributed by atoms with E-state index in [1.165, 1.54) is 18.8 Å². The Hall–Kier alpha value is -3.84. The molecule has 1 aliphatic carbocycles. The molecular weight excluding hydrogens is 602 g/mol. The van der Waals surface area contributed by atoms with Gasteiger partial charge in [-0.15, -0.1) is 5.10 Å². The smallest absolute Gasteiger partial charge is 0.416 e. The number of aryl methyl sites for hydroxylation is 3. The van der Waals surface area contributed by atoms with Crippen molar-refractivity contribution in [2.45, 2.75) is 71.9 Å². The Labute approximate surface area is 258 Å². The fourth-order valence-electron chi connectivity index (χ4n) is 6.07. The molecule has 0 amide bonds. The van der Waals surface area contributed by atoms with Crippen LogP contribution in [-0.2, 0) is 42.0 Å². The molecule has 1 fully saturated rings. The monoisotopic (exact) mass is 640 g/mol. The van der Waals surface area contributed by atoms with Crippen molar-refractivity contribution in [1.82, 2.24) is 20.2 Å². The highest BCUT2D eigenvalue weighted by molar-refractivity contribution is 5.59. The van der Waals surface area contributed by atoms with E-state index in [1.807, 2.05) is 6.92 Å². The highest BCUT2D eigenvalue weighted by Gasteiger charge is 2.35. The molecule has 4 rings (SSSR count). The number of benzene rings is 2. The van der Waals surface area contributed by atoms with E-state index in [0.717, 1.165) is 43.9 Å². The largest absolute Gasteiger partial charge is 0.468 e. The quantitative estimate of drug-likeness (QED) is 0.158. The summed E-state index contributed by atoms with van der Waals surface area (Å²) in [6, 6.07) is 6.35. The Balaban J connectivity index is 1.70. The van der Waals surface area contributed by atoms with Crippen molar-refractivity contribution in [3.05, 3.63) is 63.7 Å². The number of rotatable bonds is 12. The third kappa shape index (κ3) is 8.88. The predicted molar refractivity (Wildman–Crippen MR) is 156 cm³/mol. The van der Waals surface area contributed by atoms with Gasteiger partial charge in [-0.2, -0.15) is 31.1 Å². The van der Waals surface area contributed by atoms with Crippen LogP contribution in [0.3, 0.4) is 0 Å². The van der Waals surface area contributed by atoms with Crippen LogP contribution in [-0.4, -0.2) is 46.4 Å². The first-order valence-electron chi connectivity index (χ1n) is 14.9. The number of alkyl halides is 6. The fourth-order valence-corrected chi connectivity index (χ4v) is 6.07. The summed E-state index contributed by atoms with van der Waals surface area (Å²) in [7, 11) is 1.53. The summed E-state index contributed by atoms with van der Waals surface area (Å²) in [6.07, 6.45) is -5.62. The molecule has 0 aliphatic heterocycles. The summed E-state index contributed by atoms with van der Waals surface area (Å²) >= 11 is 0. The second kappa shape index (κ2) is 14.1. The van der Waals surface area contributed by atoms with Crippen molar-refractivity contribution in [2.75, 3.05) is 29.5 Å². The van der Waals surface area contributed by atoms with Gasteiger partial charge < -0.3 is 14.5 Å². The van der Waals surface area contributed by atoms with Crippen molar-refractivity contribution in [3.63, 3.8) is 0 Å². The molecule has 0 unspecified atom stereocenters. The molecule has 0 spiro atoms. The van der Waals surface area contributed by atoms with E-state index in [-0.39, 0.29) is 30.5 Å². The maximum atomic E-state index is 14.1. The Morgan fingerprint density at radius 2 is 1.62 bits per heavy atom. The number of carbonyl (C=O) groups excluding carboxylic acids is 1. The number of hydrogen-bond donors (Lipinski definition) is 0. The van der Waals surface area contributed by atoms with Gasteiger partial charge >= 0.3 is 12.4 Å². The Kier molecular flexibility index (Phi) is 10.6. The van der Waals surface area contributed by atoms with Crippen molar-refractivity contribution >= 4 is 18.1 Å². The highest BCUT2D eigenvalue weighted by atomic mass is 19.4. The number of halogens is 6. The minimum Gasteiger partial charge on any atom is -0.468 e. The lowest BCUT2D eigenvalue weighted by atomic mass is 9.82. The maximum Gasteiger partial charge on any atom is 0.416 e. The molecule has 0 radical (unpaired) electrons. The van der Waals surface area contributed by atoms with Crippen LogP contribution in [0.25, 0.3) is 0 Å². The molecule has 3 aromatic rings. The standard InChI is InChI=1S/C31H38F6N6O2/c1-5-42(15-22-6-8-23(9-7-22)18-45-19-44)28-12-21(3)27(31(35,36)37)14-25(28)17-43(29-38-40-41(4)39-29)16-24-10-20(2)11-26(13-24)30(32,33)34/h10-14,19,22-23H,5-9,15-18H2,1-4H3/t22-,23-. The molecule has 45 heavy (non-hydrogen) atoms. The number of anilines is 2. The van der Waals surface area contributed by atoms with Crippen LogP contribution >= 0.6 is 0 Å². The number of carbonyl (C=O) groups is 1. The molecule has 1 aliphatic rings. The van der Waals surface area contributed by atoms with Crippen LogP contribution in [0.4, 0.5) is 38.0 Å². The summed E-state index contributed by atoms with van der Waals surface area (Å²) in [4.78, 5) is 15.4. The van der Waals surface area contributed by atoms with Crippen LogP contribution in [0.5, 0.6) is 0 Å². The van der Waals surface area contributed by atoms with Crippen molar-refractivity contribution in [2.24, 2.45) is 18.9 Å². The third-order valence-corrected chi connectivity index (χ3v) is 8.28. The number of aromatic nitrogens is 4. The molecule has 14 heteroatoms. The first-order chi connectivity index (χ1) is 21.2. The van der Waals surface area contributed by atoms with Gasteiger partial charge in [-0.05, 0) is 104 Å². The number of hydrogen-bond acceptors (Lipinski definition) is 7.